The number of amides is 1. The SMILES string of the molecule is CCCn1cc(Cl)cc1C(=O)Nc1cc(Br)c(F)cc1C. The lowest BCUT2D eigenvalue weighted by Crippen LogP contribution is -2.17. The zero-order valence-electron chi connectivity index (χ0n) is 11.7. The van der Waals surface area contributed by atoms with Gasteiger partial charge in [-0.05, 0) is 53.0 Å². The maximum absolute atomic E-state index is 13.4. The molecule has 0 aliphatic rings. The van der Waals surface area contributed by atoms with Crippen molar-refractivity contribution in [2.45, 2.75) is 26.8 Å². The third-order valence-electron chi connectivity index (χ3n) is 3.08. The average molecular weight is 374 g/mol. The van der Waals surface area contributed by atoms with Crippen LogP contribution in [0, 0.1) is 12.7 Å². The molecule has 1 amide bonds. The van der Waals surface area contributed by atoms with Gasteiger partial charge in [-0.2, -0.15) is 0 Å². The van der Waals surface area contributed by atoms with E-state index in [0.29, 0.717) is 33.0 Å². The summed E-state index contributed by atoms with van der Waals surface area (Å²) in [6, 6.07) is 4.55. The molecule has 0 aliphatic carbocycles. The Bertz CT molecular complexity index is 685. The molecular weight excluding hydrogens is 359 g/mol. The zero-order chi connectivity index (χ0) is 15.6. The summed E-state index contributed by atoms with van der Waals surface area (Å²) in [6.07, 6.45) is 2.62. The van der Waals surface area contributed by atoms with Crippen molar-refractivity contribution in [3.63, 3.8) is 0 Å². The van der Waals surface area contributed by atoms with Crippen LogP contribution in [0.5, 0.6) is 0 Å². The number of benzene rings is 1. The van der Waals surface area contributed by atoms with Crippen LogP contribution >= 0.6 is 27.5 Å². The van der Waals surface area contributed by atoms with E-state index in [1.165, 1.54) is 6.07 Å². The van der Waals surface area contributed by atoms with Crippen LogP contribution in [0.2, 0.25) is 5.02 Å². The van der Waals surface area contributed by atoms with Crippen LogP contribution in [0.25, 0.3) is 0 Å². The molecule has 1 N–H and O–H groups in total. The van der Waals surface area contributed by atoms with Crippen LogP contribution in [-0.4, -0.2) is 10.5 Å². The first-order valence-electron chi connectivity index (χ1n) is 6.55. The molecule has 0 bridgehead atoms. The van der Waals surface area contributed by atoms with Crippen LogP contribution in [0.1, 0.15) is 29.4 Å². The Morgan fingerprint density at radius 1 is 1.43 bits per heavy atom. The number of hydrogen-bond acceptors (Lipinski definition) is 1. The van der Waals surface area contributed by atoms with Gasteiger partial charge in [0, 0.05) is 18.4 Å². The van der Waals surface area contributed by atoms with Crippen molar-refractivity contribution in [1.82, 2.24) is 4.57 Å². The molecule has 0 aliphatic heterocycles. The average Bonchev–Trinajstić information content (AvgIpc) is 2.77. The molecule has 0 fully saturated rings. The first-order valence-corrected chi connectivity index (χ1v) is 7.72. The predicted octanol–water partition coefficient (Wildman–Crippen LogP) is 5.01. The summed E-state index contributed by atoms with van der Waals surface area (Å²) < 4.78 is 15.5. The third-order valence-corrected chi connectivity index (χ3v) is 3.89. The van der Waals surface area contributed by atoms with E-state index in [2.05, 4.69) is 21.2 Å². The number of nitrogens with one attached hydrogen (secondary N) is 1. The van der Waals surface area contributed by atoms with Gasteiger partial charge in [-0.1, -0.05) is 18.5 Å². The second kappa shape index (κ2) is 6.62. The molecule has 2 rings (SSSR count). The lowest BCUT2D eigenvalue weighted by atomic mass is 10.2. The summed E-state index contributed by atoms with van der Waals surface area (Å²) >= 11 is 9.08. The summed E-state index contributed by atoms with van der Waals surface area (Å²) in [7, 11) is 0. The minimum absolute atomic E-state index is 0.267. The quantitative estimate of drug-likeness (QED) is 0.803. The Hall–Kier alpha value is -1.33. The highest BCUT2D eigenvalue weighted by Crippen LogP contribution is 2.25. The highest BCUT2D eigenvalue weighted by atomic mass is 79.9. The normalized spacial score (nSPS) is 10.7. The van der Waals surface area contributed by atoms with Crippen molar-refractivity contribution < 1.29 is 9.18 Å². The molecule has 0 atom stereocenters. The first-order chi connectivity index (χ1) is 9.92. The standard InChI is InChI=1S/C15H15BrClFN2O/c1-3-4-20-8-10(17)6-14(20)15(21)19-13-7-11(16)12(18)5-9(13)2/h5-8H,3-4H2,1-2H3,(H,19,21). The molecule has 1 aromatic carbocycles. The minimum atomic E-state index is -0.358. The van der Waals surface area contributed by atoms with Gasteiger partial charge in [0.15, 0.2) is 0 Å². The summed E-state index contributed by atoms with van der Waals surface area (Å²) in [5.74, 6) is -0.625. The monoisotopic (exact) mass is 372 g/mol. The van der Waals surface area contributed by atoms with Gasteiger partial charge in [-0.25, -0.2) is 4.39 Å². The molecule has 1 heterocycles. The molecule has 0 radical (unpaired) electrons. The lowest BCUT2D eigenvalue weighted by molar-refractivity contribution is 0.101. The van der Waals surface area contributed by atoms with Crippen molar-refractivity contribution in [1.29, 1.82) is 0 Å². The molecular formula is C15H15BrClFN2O. The zero-order valence-corrected chi connectivity index (χ0v) is 14.1. The summed E-state index contributed by atoms with van der Waals surface area (Å²) in [5, 5.41) is 3.31. The maximum atomic E-state index is 13.4. The van der Waals surface area contributed by atoms with Crippen LogP contribution in [0.15, 0.2) is 28.9 Å². The van der Waals surface area contributed by atoms with E-state index in [-0.39, 0.29) is 11.7 Å². The van der Waals surface area contributed by atoms with E-state index >= 15 is 0 Å². The molecule has 112 valence electrons. The Kier molecular flexibility index (Phi) is 5.06. The van der Waals surface area contributed by atoms with E-state index in [4.69, 9.17) is 11.6 Å². The molecule has 6 heteroatoms. The molecule has 0 saturated heterocycles. The molecule has 21 heavy (non-hydrogen) atoms. The van der Waals surface area contributed by atoms with Gasteiger partial charge >= 0.3 is 0 Å². The van der Waals surface area contributed by atoms with Gasteiger partial charge in [0.2, 0.25) is 0 Å². The molecule has 3 nitrogen and oxygen atoms in total. The van der Waals surface area contributed by atoms with Gasteiger partial charge in [0.1, 0.15) is 11.5 Å². The summed E-state index contributed by atoms with van der Waals surface area (Å²) in [5.41, 5.74) is 1.71. The van der Waals surface area contributed by atoms with Gasteiger partial charge in [-0.3, -0.25) is 4.79 Å². The second-order valence-corrected chi connectivity index (χ2v) is 6.06. The van der Waals surface area contributed by atoms with Crippen molar-refractivity contribution >= 4 is 39.1 Å². The number of carbonyl (C=O) groups excluding carboxylic acids is 1. The first kappa shape index (κ1) is 16.0. The van der Waals surface area contributed by atoms with Crippen LogP contribution in [0.4, 0.5) is 10.1 Å². The molecule has 0 spiro atoms. The number of aryl methyl sites for hydroxylation is 2. The third kappa shape index (κ3) is 3.66. The van der Waals surface area contributed by atoms with E-state index in [9.17, 15) is 9.18 Å². The number of carbonyl (C=O) groups is 1. The smallest absolute Gasteiger partial charge is 0.272 e. The molecule has 1 aromatic heterocycles. The van der Waals surface area contributed by atoms with Crippen LogP contribution < -0.4 is 5.32 Å². The summed E-state index contributed by atoms with van der Waals surface area (Å²) in [6.45, 7) is 4.47. The van der Waals surface area contributed by atoms with Crippen LogP contribution in [0.3, 0.4) is 0 Å². The fourth-order valence-electron chi connectivity index (χ4n) is 2.06. The van der Waals surface area contributed by atoms with Gasteiger partial charge in [0.05, 0.1) is 9.50 Å². The summed E-state index contributed by atoms with van der Waals surface area (Å²) in [4.78, 5) is 12.4. The number of halogens is 3. The van der Waals surface area contributed by atoms with E-state index < -0.39 is 0 Å². The Labute approximate surface area is 136 Å². The number of nitrogens with zero attached hydrogens (tertiary/aromatic N) is 1. The Morgan fingerprint density at radius 2 is 2.14 bits per heavy atom. The van der Waals surface area contributed by atoms with Gasteiger partial charge in [-0.15, -0.1) is 0 Å². The lowest BCUT2D eigenvalue weighted by Gasteiger charge is -2.11. The highest BCUT2D eigenvalue weighted by Gasteiger charge is 2.15. The van der Waals surface area contributed by atoms with Crippen LogP contribution in [-0.2, 0) is 6.54 Å². The van der Waals surface area contributed by atoms with E-state index in [1.807, 2.05) is 11.5 Å². The number of rotatable bonds is 4. The van der Waals surface area contributed by atoms with Crippen molar-refractivity contribution in [2.75, 3.05) is 5.32 Å². The van der Waals surface area contributed by atoms with E-state index in [1.54, 1.807) is 25.3 Å². The topological polar surface area (TPSA) is 34.0 Å². The number of anilines is 1. The predicted molar refractivity (Wildman–Crippen MR) is 86.5 cm³/mol. The maximum Gasteiger partial charge on any atom is 0.272 e. The number of aromatic nitrogens is 1. The molecule has 0 saturated carbocycles. The minimum Gasteiger partial charge on any atom is -0.342 e. The van der Waals surface area contributed by atoms with E-state index in [0.717, 1.165) is 6.42 Å². The molecule has 2 aromatic rings. The fraction of sp³-hybridized carbons (Fsp3) is 0.267. The van der Waals surface area contributed by atoms with Crippen molar-refractivity contribution in [3.8, 4) is 0 Å². The number of hydrogen-bond donors (Lipinski definition) is 1. The Balaban J connectivity index is 2.28. The Morgan fingerprint density at radius 3 is 2.81 bits per heavy atom. The van der Waals surface area contributed by atoms with Gasteiger partial charge in [0.25, 0.3) is 5.91 Å². The fourth-order valence-corrected chi connectivity index (χ4v) is 2.62. The second-order valence-electron chi connectivity index (χ2n) is 4.77. The highest BCUT2D eigenvalue weighted by molar-refractivity contribution is 9.10. The van der Waals surface area contributed by atoms with Crippen molar-refractivity contribution in [3.05, 3.63) is 51.0 Å². The van der Waals surface area contributed by atoms with Gasteiger partial charge < -0.3 is 9.88 Å². The largest absolute Gasteiger partial charge is 0.342 e. The molecule has 0 unspecified atom stereocenters. The van der Waals surface area contributed by atoms with Crippen molar-refractivity contribution in [2.24, 2.45) is 0 Å².